The molecule has 0 aliphatic carbocycles. The maximum absolute atomic E-state index is 6.02. The van der Waals surface area contributed by atoms with Crippen LogP contribution in [0.4, 0.5) is 0 Å². The van der Waals surface area contributed by atoms with Gasteiger partial charge in [-0.05, 0) is 81.9 Å². The van der Waals surface area contributed by atoms with E-state index in [1.165, 1.54) is 10.8 Å². The summed E-state index contributed by atoms with van der Waals surface area (Å²) in [6.07, 6.45) is 2.43. The third kappa shape index (κ3) is 10.2. The SMILES string of the molecule is c1cc2cc(OCCCCOc3ccc4cc(COCCOCC5CO5)ccc4c3)ccc2cc1COCCOCC1CO1. The highest BCUT2D eigenvalue weighted by atomic mass is 16.6. The molecule has 2 aliphatic heterocycles. The van der Waals surface area contributed by atoms with Gasteiger partial charge in [0.2, 0.25) is 0 Å². The van der Waals surface area contributed by atoms with E-state index >= 15 is 0 Å². The second kappa shape index (κ2) is 16.2. The molecule has 4 aromatic rings. The molecular weight excluding hydrogens is 560 g/mol. The molecule has 0 spiro atoms. The molecule has 2 saturated heterocycles. The summed E-state index contributed by atoms with van der Waals surface area (Å²) in [6, 6.07) is 25.3. The summed E-state index contributed by atoms with van der Waals surface area (Å²) in [5.74, 6) is 1.77. The molecule has 2 aliphatic rings. The number of hydrogen-bond donors (Lipinski definition) is 0. The highest BCUT2D eigenvalue weighted by Crippen LogP contribution is 2.24. The minimum Gasteiger partial charge on any atom is -0.494 e. The number of rotatable bonds is 21. The van der Waals surface area contributed by atoms with Crippen molar-refractivity contribution in [1.82, 2.24) is 0 Å². The lowest BCUT2D eigenvalue weighted by Crippen LogP contribution is -2.08. The zero-order chi connectivity index (χ0) is 29.8. The van der Waals surface area contributed by atoms with Crippen LogP contribution in [0.5, 0.6) is 11.5 Å². The van der Waals surface area contributed by atoms with Gasteiger partial charge in [0.1, 0.15) is 23.7 Å². The third-order valence-electron chi connectivity index (χ3n) is 7.52. The number of ether oxygens (including phenoxy) is 8. The van der Waals surface area contributed by atoms with Crippen LogP contribution in [-0.4, -0.2) is 78.3 Å². The van der Waals surface area contributed by atoms with Gasteiger partial charge < -0.3 is 37.9 Å². The minimum atomic E-state index is 0.297. The van der Waals surface area contributed by atoms with E-state index in [0.29, 0.717) is 78.3 Å². The Kier molecular flexibility index (Phi) is 11.3. The van der Waals surface area contributed by atoms with Gasteiger partial charge in [-0.3, -0.25) is 0 Å². The minimum absolute atomic E-state index is 0.297. The van der Waals surface area contributed by atoms with Crippen molar-refractivity contribution in [3.05, 3.63) is 83.9 Å². The molecule has 0 aromatic heterocycles. The zero-order valence-electron chi connectivity index (χ0n) is 25.2. The Hall–Kier alpha value is -3.24. The first kappa shape index (κ1) is 30.8. The van der Waals surface area contributed by atoms with Crippen molar-refractivity contribution in [2.75, 3.05) is 66.1 Å². The average molecular weight is 603 g/mol. The van der Waals surface area contributed by atoms with Gasteiger partial charge in [-0.25, -0.2) is 0 Å². The van der Waals surface area contributed by atoms with Gasteiger partial charge in [0.25, 0.3) is 0 Å². The Morgan fingerprint density at radius 2 is 0.886 bits per heavy atom. The van der Waals surface area contributed by atoms with Crippen LogP contribution in [-0.2, 0) is 41.6 Å². The molecule has 8 nitrogen and oxygen atoms in total. The van der Waals surface area contributed by atoms with E-state index in [0.717, 1.165) is 59.5 Å². The summed E-state index contributed by atoms with van der Waals surface area (Å²) in [7, 11) is 0. The van der Waals surface area contributed by atoms with Crippen LogP contribution in [0.1, 0.15) is 24.0 Å². The van der Waals surface area contributed by atoms with E-state index in [1.807, 2.05) is 12.1 Å². The number of epoxide rings is 2. The first-order valence-electron chi connectivity index (χ1n) is 15.6. The lowest BCUT2D eigenvalue weighted by atomic mass is 10.1. The maximum atomic E-state index is 6.02. The molecule has 2 fully saturated rings. The topological polar surface area (TPSA) is 80.4 Å². The predicted molar refractivity (Wildman–Crippen MR) is 169 cm³/mol. The molecule has 8 heteroatoms. The molecule has 2 heterocycles. The summed E-state index contributed by atoms with van der Waals surface area (Å²) in [5, 5.41) is 4.66. The number of unbranched alkanes of at least 4 members (excludes halogenated alkanes) is 1. The fraction of sp³-hybridized carbons (Fsp3) is 0.444. The Labute approximate surface area is 259 Å². The largest absolute Gasteiger partial charge is 0.494 e. The van der Waals surface area contributed by atoms with E-state index in [4.69, 9.17) is 37.9 Å². The Morgan fingerprint density at radius 3 is 1.34 bits per heavy atom. The molecule has 0 radical (unpaired) electrons. The molecule has 234 valence electrons. The van der Waals surface area contributed by atoms with Crippen LogP contribution in [0.25, 0.3) is 21.5 Å². The quantitative estimate of drug-likeness (QED) is 0.0837. The molecule has 4 aromatic carbocycles. The lowest BCUT2D eigenvalue weighted by Gasteiger charge is -2.10. The molecule has 2 atom stereocenters. The van der Waals surface area contributed by atoms with E-state index in [1.54, 1.807) is 0 Å². The van der Waals surface area contributed by atoms with Crippen molar-refractivity contribution in [1.29, 1.82) is 0 Å². The summed E-state index contributed by atoms with van der Waals surface area (Å²) in [6.45, 7) is 7.76. The van der Waals surface area contributed by atoms with Crippen LogP contribution in [0.2, 0.25) is 0 Å². The first-order chi connectivity index (χ1) is 21.8. The molecular formula is C36H42O8. The number of benzene rings is 4. The monoisotopic (exact) mass is 602 g/mol. The molecule has 2 unspecified atom stereocenters. The highest BCUT2D eigenvalue weighted by Gasteiger charge is 2.22. The molecule has 6 rings (SSSR count). The van der Waals surface area contributed by atoms with Crippen molar-refractivity contribution < 1.29 is 37.9 Å². The summed E-state index contributed by atoms with van der Waals surface area (Å²) in [5.41, 5.74) is 2.30. The molecule has 0 saturated carbocycles. The van der Waals surface area contributed by atoms with Gasteiger partial charge in [-0.1, -0.05) is 36.4 Å². The number of hydrogen-bond acceptors (Lipinski definition) is 8. The highest BCUT2D eigenvalue weighted by molar-refractivity contribution is 5.85. The summed E-state index contributed by atoms with van der Waals surface area (Å²) in [4.78, 5) is 0. The zero-order valence-corrected chi connectivity index (χ0v) is 25.2. The lowest BCUT2D eigenvalue weighted by molar-refractivity contribution is 0.0353. The molecule has 0 bridgehead atoms. The van der Waals surface area contributed by atoms with E-state index in [-0.39, 0.29) is 0 Å². The van der Waals surface area contributed by atoms with Crippen LogP contribution in [0, 0.1) is 0 Å². The van der Waals surface area contributed by atoms with Crippen LogP contribution >= 0.6 is 0 Å². The fourth-order valence-electron chi connectivity index (χ4n) is 4.86. The van der Waals surface area contributed by atoms with Crippen molar-refractivity contribution in [3.8, 4) is 11.5 Å². The van der Waals surface area contributed by atoms with Gasteiger partial charge in [-0.15, -0.1) is 0 Å². The first-order valence-corrected chi connectivity index (χ1v) is 15.6. The van der Waals surface area contributed by atoms with Gasteiger partial charge >= 0.3 is 0 Å². The smallest absolute Gasteiger partial charge is 0.119 e. The normalized spacial score (nSPS) is 17.3. The van der Waals surface area contributed by atoms with E-state index in [2.05, 4.69) is 60.7 Å². The van der Waals surface area contributed by atoms with E-state index in [9.17, 15) is 0 Å². The van der Waals surface area contributed by atoms with Gasteiger partial charge in [-0.2, -0.15) is 0 Å². The average Bonchev–Trinajstić information content (AvgIpc) is 3.99. The van der Waals surface area contributed by atoms with Crippen molar-refractivity contribution >= 4 is 21.5 Å². The van der Waals surface area contributed by atoms with E-state index < -0.39 is 0 Å². The van der Waals surface area contributed by atoms with Crippen LogP contribution in [0.3, 0.4) is 0 Å². The molecule has 0 amide bonds. The number of fused-ring (bicyclic) bond motifs is 2. The Bertz CT molecular complexity index is 1350. The molecule has 0 N–H and O–H groups in total. The van der Waals surface area contributed by atoms with Crippen LogP contribution in [0.15, 0.2) is 72.8 Å². The van der Waals surface area contributed by atoms with Gasteiger partial charge in [0.15, 0.2) is 0 Å². The second-order valence-electron chi connectivity index (χ2n) is 11.3. The Balaban J connectivity index is 0.847. The van der Waals surface area contributed by atoms with Crippen LogP contribution < -0.4 is 9.47 Å². The maximum Gasteiger partial charge on any atom is 0.119 e. The summed E-state index contributed by atoms with van der Waals surface area (Å²) >= 11 is 0. The fourth-order valence-corrected chi connectivity index (χ4v) is 4.86. The van der Waals surface area contributed by atoms with Gasteiger partial charge in [0, 0.05) is 0 Å². The van der Waals surface area contributed by atoms with Gasteiger partial charge in [0.05, 0.1) is 79.3 Å². The second-order valence-corrected chi connectivity index (χ2v) is 11.3. The predicted octanol–water partition coefficient (Wildman–Crippen LogP) is 6.10. The molecule has 44 heavy (non-hydrogen) atoms. The Morgan fingerprint density at radius 1 is 0.477 bits per heavy atom. The van der Waals surface area contributed by atoms with Crippen molar-refractivity contribution in [3.63, 3.8) is 0 Å². The summed E-state index contributed by atoms with van der Waals surface area (Å²) < 4.78 is 44.8. The standard InChI is InChI=1S/C36H42O8/c1(11-41-33-9-7-29-17-27(3-5-31(29)19-33)21-37-13-15-39-23-35-25-43-35)2-12-42-34-10-8-30-18-28(4-6-32(30)20-34)22-38-14-16-40-24-36-26-44-36/h3-10,17-20,35-36H,1-2,11-16,21-26H2. The van der Waals surface area contributed by atoms with Crippen molar-refractivity contribution in [2.45, 2.75) is 38.3 Å². The van der Waals surface area contributed by atoms with Crippen molar-refractivity contribution in [2.24, 2.45) is 0 Å². The third-order valence-corrected chi connectivity index (χ3v) is 7.52.